The van der Waals surface area contributed by atoms with Crippen molar-refractivity contribution in [2.75, 3.05) is 27.2 Å². The van der Waals surface area contributed by atoms with E-state index in [4.69, 9.17) is 10.9 Å². The van der Waals surface area contributed by atoms with E-state index in [1.54, 1.807) is 0 Å². The molecule has 118 valence electrons. The summed E-state index contributed by atoms with van der Waals surface area (Å²) in [5.41, 5.74) is 6.96. The third kappa shape index (κ3) is 5.36. The highest BCUT2D eigenvalue weighted by Gasteiger charge is 2.25. The molecule has 1 rings (SSSR count). The van der Waals surface area contributed by atoms with Crippen LogP contribution >= 0.6 is 0 Å². The van der Waals surface area contributed by atoms with Crippen LogP contribution in [0.4, 0.5) is 0 Å². The van der Waals surface area contributed by atoms with Crippen molar-refractivity contribution >= 4 is 5.84 Å². The van der Waals surface area contributed by atoms with Gasteiger partial charge in [-0.3, -0.25) is 4.90 Å². The second-order valence-electron chi connectivity index (χ2n) is 5.66. The third-order valence-corrected chi connectivity index (χ3v) is 3.68. The molecule has 5 heteroatoms. The molecule has 0 saturated heterocycles. The van der Waals surface area contributed by atoms with Gasteiger partial charge in [0.25, 0.3) is 0 Å². The third-order valence-electron chi connectivity index (χ3n) is 3.68. The van der Waals surface area contributed by atoms with E-state index in [9.17, 15) is 0 Å². The second kappa shape index (κ2) is 8.64. The van der Waals surface area contributed by atoms with E-state index in [1.807, 2.05) is 18.2 Å². The molecule has 0 saturated carbocycles. The summed E-state index contributed by atoms with van der Waals surface area (Å²) in [6.07, 6.45) is 0.520. The summed E-state index contributed by atoms with van der Waals surface area (Å²) in [4.78, 5) is 4.58. The molecule has 0 aliphatic heterocycles. The SMILES string of the molecule is CCN(C(C)CN(C)C)C(C/C(N)=N/O)c1ccccc1. The van der Waals surface area contributed by atoms with Gasteiger partial charge in [0.1, 0.15) is 5.84 Å². The highest BCUT2D eigenvalue weighted by molar-refractivity contribution is 5.80. The summed E-state index contributed by atoms with van der Waals surface area (Å²) < 4.78 is 0. The minimum absolute atomic E-state index is 0.113. The zero-order valence-electron chi connectivity index (χ0n) is 13.5. The quantitative estimate of drug-likeness (QED) is 0.333. The van der Waals surface area contributed by atoms with Crippen LogP contribution in [0.5, 0.6) is 0 Å². The Kier molecular flexibility index (Phi) is 7.19. The molecule has 0 heterocycles. The van der Waals surface area contributed by atoms with Gasteiger partial charge in [0, 0.05) is 25.0 Å². The van der Waals surface area contributed by atoms with Gasteiger partial charge >= 0.3 is 0 Å². The number of likely N-dealkylation sites (N-methyl/N-ethyl adjacent to an activating group) is 2. The lowest BCUT2D eigenvalue weighted by atomic mass is 9.99. The average molecular weight is 292 g/mol. The standard InChI is InChI=1S/C16H28N4O/c1-5-20(13(2)12-19(3)4)15(11-16(17)18-21)14-9-7-6-8-10-14/h6-10,13,15,21H,5,11-12H2,1-4H3,(H2,17,18). The van der Waals surface area contributed by atoms with E-state index < -0.39 is 0 Å². The van der Waals surface area contributed by atoms with E-state index in [2.05, 4.69) is 55.0 Å². The molecule has 0 aliphatic carbocycles. The Balaban J connectivity index is 3.03. The fourth-order valence-corrected chi connectivity index (χ4v) is 2.81. The van der Waals surface area contributed by atoms with Crippen LogP contribution in [-0.4, -0.2) is 54.1 Å². The summed E-state index contributed by atoms with van der Waals surface area (Å²) in [7, 11) is 4.15. The van der Waals surface area contributed by atoms with Gasteiger partial charge < -0.3 is 15.8 Å². The highest BCUT2D eigenvalue weighted by atomic mass is 16.4. The Labute approximate surface area is 128 Å². The van der Waals surface area contributed by atoms with Crippen LogP contribution in [0.3, 0.4) is 0 Å². The summed E-state index contributed by atoms with van der Waals surface area (Å²) >= 11 is 0. The Hall–Kier alpha value is -1.59. The normalized spacial score (nSPS) is 15.4. The Morgan fingerprint density at radius 1 is 1.29 bits per heavy atom. The predicted octanol–water partition coefficient (Wildman–Crippen LogP) is 2.14. The number of benzene rings is 1. The van der Waals surface area contributed by atoms with Gasteiger partial charge in [-0.1, -0.05) is 42.4 Å². The van der Waals surface area contributed by atoms with Gasteiger partial charge in [-0.2, -0.15) is 0 Å². The number of amidine groups is 1. The first kappa shape index (κ1) is 17.5. The zero-order valence-corrected chi connectivity index (χ0v) is 13.5. The van der Waals surface area contributed by atoms with Crippen molar-refractivity contribution in [1.82, 2.24) is 9.80 Å². The topological polar surface area (TPSA) is 65.1 Å². The van der Waals surface area contributed by atoms with E-state index >= 15 is 0 Å². The molecule has 5 nitrogen and oxygen atoms in total. The maximum absolute atomic E-state index is 8.91. The molecule has 3 N–H and O–H groups in total. The summed E-state index contributed by atoms with van der Waals surface area (Å²) in [6.45, 7) is 6.24. The van der Waals surface area contributed by atoms with Crippen molar-refractivity contribution < 1.29 is 5.21 Å². The zero-order chi connectivity index (χ0) is 15.8. The minimum atomic E-state index is 0.113. The first-order valence-corrected chi connectivity index (χ1v) is 7.41. The Morgan fingerprint density at radius 2 is 1.90 bits per heavy atom. The van der Waals surface area contributed by atoms with Gasteiger partial charge in [0.2, 0.25) is 0 Å². The molecule has 21 heavy (non-hydrogen) atoms. The molecule has 0 aliphatic rings. The number of rotatable bonds is 8. The molecule has 0 fully saturated rings. The van der Waals surface area contributed by atoms with Gasteiger partial charge in [0.05, 0.1) is 0 Å². The molecule has 2 atom stereocenters. The van der Waals surface area contributed by atoms with Crippen LogP contribution in [0, 0.1) is 0 Å². The molecule has 0 aromatic heterocycles. The average Bonchev–Trinajstić information content (AvgIpc) is 2.46. The molecule has 0 amide bonds. The van der Waals surface area contributed by atoms with Gasteiger partial charge in [-0.05, 0) is 33.1 Å². The number of nitrogens with two attached hydrogens (primary N) is 1. The Bertz CT molecular complexity index is 433. The van der Waals surface area contributed by atoms with E-state index in [-0.39, 0.29) is 11.9 Å². The van der Waals surface area contributed by atoms with E-state index in [0.29, 0.717) is 12.5 Å². The number of hydrogen-bond acceptors (Lipinski definition) is 4. The molecule has 1 aromatic carbocycles. The lowest BCUT2D eigenvalue weighted by Gasteiger charge is -2.37. The molecular formula is C16H28N4O. The van der Waals surface area contributed by atoms with E-state index in [1.165, 1.54) is 5.56 Å². The van der Waals surface area contributed by atoms with Crippen molar-refractivity contribution in [1.29, 1.82) is 0 Å². The largest absolute Gasteiger partial charge is 0.409 e. The first-order valence-electron chi connectivity index (χ1n) is 7.41. The molecular weight excluding hydrogens is 264 g/mol. The number of oxime groups is 1. The fourth-order valence-electron chi connectivity index (χ4n) is 2.81. The van der Waals surface area contributed by atoms with Gasteiger partial charge in [-0.25, -0.2) is 0 Å². The smallest absolute Gasteiger partial charge is 0.141 e. The van der Waals surface area contributed by atoms with Crippen molar-refractivity contribution in [2.24, 2.45) is 10.9 Å². The number of nitrogens with zero attached hydrogens (tertiary/aromatic N) is 3. The van der Waals surface area contributed by atoms with Crippen LogP contribution in [0.1, 0.15) is 31.9 Å². The summed E-state index contributed by atoms with van der Waals surface area (Å²) in [5, 5.41) is 12.1. The van der Waals surface area contributed by atoms with Crippen LogP contribution in [-0.2, 0) is 0 Å². The molecule has 2 unspecified atom stereocenters. The Morgan fingerprint density at radius 3 is 2.38 bits per heavy atom. The summed E-state index contributed by atoms with van der Waals surface area (Å²) in [6, 6.07) is 10.7. The monoisotopic (exact) mass is 292 g/mol. The maximum Gasteiger partial charge on any atom is 0.141 e. The van der Waals surface area contributed by atoms with Crippen molar-refractivity contribution in [3.63, 3.8) is 0 Å². The first-order chi connectivity index (χ1) is 9.99. The molecule has 1 aromatic rings. The van der Waals surface area contributed by atoms with Crippen molar-refractivity contribution in [3.05, 3.63) is 35.9 Å². The van der Waals surface area contributed by atoms with E-state index in [0.717, 1.165) is 13.1 Å². The van der Waals surface area contributed by atoms with Gasteiger partial charge in [-0.15, -0.1) is 0 Å². The van der Waals surface area contributed by atoms with Crippen LogP contribution in [0.15, 0.2) is 35.5 Å². The molecule has 0 bridgehead atoms. The lowest BCUT2D eigenvalue weighted by Crippen LogP contribution is -2.43. The predicted molar refractivity (Wildman–Crippen MR) is 87.6 cm³/mol. The minimum Gasteiger partial charge on any atom is -0.409 e. The molecule has 0 radical (unpaired) electrons. The van der Waals surface area contributed by atoms with Crippen LogP contribution in [0.2, 0.25) is 0 Å². The van der Waals surface area contributed by atoms with Crippen LogP contribution in [0.25, 0.3) is 0 Å². The second-order valence-corrected chi connectivity index (χ2v) is 5.66. The summed E-state index contributed by atoms with van der Waals surface area (Å²) in [5.74, 6) is 0.263. The van der Waals surface area contributed by atoms with Crippen LogP contribution < -0.4 is 5.73 Å². The van der Waals surface area contributed by atoms with Gasteiger partial charge in [0.15, 0.2) is 0 Å². The number of hydrogen-bond donors (Lipinski definition) is 2. The molecule has 0 spiro atoms. The maximum atomic E-state index is 8.91. The van der Waals surface area contributed by atoms with Crippen molar-refractivity contribution in [3.8, 4) is 0 Å². The van der Waals surface area contributed by atoms with Crippen molar-refractivity contribution in [2.45, 2.75) is 32.4 Å². The highest BCUT2D eigenvalue weighted by Crippen LogP contribution is 2.26. The fraction of sp³-hybridized carbons (Fsp3) is 0.562. The lowest BCUT2D eigenvalue weighted by molar-refractivity contribution is 0.129.